The van der Waals surface area contributed by atoms with E-state index >= 15 is 0 Å². The predicted molar refractivity (Wildman–Crippen MR) is 88.0 cm³/mol. The van der Waals surface area contributed by atoms with Gasteiger partial charge in [0.05, 0.1) is 5.25 Å². The largest absolute Gasteiger partial charge is 0.357 e. The van der Waals surface area contributed by atoms with E-state index < -0.39 is 6.04 Å². The molecule has 0 radical (unpaired) electrons. The molecule has 1 rings (SSSR count). The van der Waals surface area contributed by atoms with E-state index in [-0.39, 0.29) is 23.0 Å². The highest BCUT2D eigenvalue weighted by atomic mass is 32.2. The summed E-state index contributed by atoms with van der Waals surface area (Å²) >= 11 is 1.57. The maximum Gasteiger partial charge on any atom is 0.242 e. The van der Waals surface area contributed by atoms with Crippen LogP contribution in [0.1, 0.15) is 26.3 Å². The van der Waals surface area contributed by atoms with Gasteiger partial charge >= 0.3 is 0 Å². The van der Waals surface area contributed by atoms with Gasteiger partial charge in [0.2, 0.25) is 11.8 Å². The lowest BCUT2D eigenvalue weighted by Crippen LogP contribution is -2.50. The molecule has 0 fully saturated rings. The van der Waals surface area contributed by atoms with E-state index in [0.29, 0.717) is 0 Å². The summed E-state index contributed by atoms with van der Waals surface area (Å²) in [7, 11) is 1.58. The van der Waals surface area contributed by atoms with E-state index in [1.54, 1.807) is 18.8 Å². The Morgan fingerprint density at radius 1 is 1.10 bits per heavy atom. The van der Waals surface area contributed by atoms with Crippen LogP contribution in [0.3, 0.4) is 0 Å². The first-order valence-electron chi connectivity index (χ1n) is 7.13. The highest BCUT2D eigenvalue weighted by Crippen LogP contribution is 2.18. The number of nitrogens with one attached hydrogen (secondary N) is 2. The van der Waals surface area contributed by atoms with Crippen molar-refractivity contribution in [3.8, 4) is 0 Å². The third-order valence-corrected chi connectivity index (χ3v) is 4.42. The molecule has 0 heterocycles. The number of hydrogen-bond acceptors (Lipinski definition) is 3. The fraction of sp³-hybridized carbons (Fsp3) is 0.500. The molecule has 4 nitrogen and oxygen atoms in total. The monoisotopic (exact) mass is 308 g/mol. The Morgan fingerprint density at radius 2 is 1.71 bits per heavy atom. The van der Waals surface area contributed by atoms with E-state index in [4.69, 9.17) is 0 Å². The first-order valence-corrected chi connectivity index (χ1v) is 8.18. The van der Waals surface area contributed by atoms with Crippen molar-refractivity contribution in [3.05, 3.63) is 35.9 Å². The number of rotatable bonds is 7. The van der Waals surface area contributed by atoms with Crippen LogP contribution >= 0.6 is 11.8 Å². The number of benzene rings is 1. The maximum atomic E-state index is 12.2. The lowest BCUT2D eigenvalue weighted by molar-refractivity contribution is -0.129. The second-order valence-corrected chi connectivity index (χ2v) is 6.61. The summed E-state index contributed by atoms with van der Waals surface area (Å²) in [4.78, 5) is 23.9. The molecule has 0 bridgehead atoms. The van der Waals surface area contributed by atoms with E-state index in [1.165, 1.54) is 5.56 Å². The number of carbonyl (C=O) groups excluding carboxylic acids is 2. The summed E-state index contributed by atoms with van der Waals surface area (Å²) in [6.07, 6.45) is 0. The van der Waals surface area contributed by atoms with Crippen molar-refractivity contribution in [3.63, 3.8) is 0 Å². The molecule has 0 spiro atoms. The van der Waals surface area contributed by atoms with Gasteiger partial charge in [-0.2, -0.15) is 0 Å². The van der Waals surface area contributed by atoms with Gasteiger partial charge in [0.25, 0.3) is 0 Å². The van der Waals surface area contributed by atoms with Crippen LogP contribution < -0.4 is 10.6 Å². The van der Waals surface area contributed by atoms with Gasteiger partial charge in [-0.1, -0.05) is 44.2 Å². The molecule has 2 N–H and O–H groups in total. The Balaban J connectivity index is 2.51. The Bertz CT molecular complexity index is 463. The van der Waals surface area contributed by atoms with Crippen LogP contribution in [0.15, 0.2) is 30.3 Å². The minimum absolute atomic E-state index is 0.0558. The number of hydrogen-bond donors (Lipinski definition) is 2. The number of likely N-dealkylation sites (N-methyl/N-ethyl adjacent to an activating group) is 1. The molecule has 2 amide bonds. The average Bonchev–Trinajstić information content (AvgIpc) is 2.49. The van der Waals surface area contributed by atoms with Crippen LogP contribution in [0, 0.1) is 5.92 Å². The smallest absolute Gasteiger partial charge is 0.242 e. The SMILES string of the molecule is CNC(=O)[C@@H](NC(=O)[C@H](C)SCc1ccccc1)C(C)C. The third kappa shape index (κ3) is 5.79. The van der Waals surface area contributed by atoms with Crippen molar-refractivity contribution >= 4 is 23.6 Å². The van der Waals surface area contributed by atoms with Crippen LogP contribution in [0.5, 0.6) is 0 Å². The fourth-order valence-electron chi connectivity index (χ4n) is 1.83. The summed E-state index contributed by atoms with van der Waals surface area (Å²) in [6, 6.07) is 9.54. The van der Waals surface area contributed by atoms with Crippen LogP contribution in [0.2, 0.25) is 0 Å². The minimum Gasteiger partial charge on any atom is -0.357 e. The first kappa shape index (κ1) is 17.6. The second-order valence-electron chi connectivity index (χ2n) is 5.28. The van der Waals surface area contributed by atoms with E-state index in [0.717, 1.165) is 5.75 Å². The van der Waals surface area contributed by atoms with Gasteiger partial charge in [-0.15, -0.1) is 11.8 Å². The summed E-state index contributed by atoms with van der Waals surface area (Å²) in [5.74, 6) is 0.582. The van der Waals surface area contributed by atoms with Gasteiger partial charge in [0, 0.05) is 12.8 Å². The highest BCUT2D eigenvalue weighted by molar-refractivity contribution is 7.99. The zero-order valence-corrected chi connectivity index (χ0v) is 13.9. The first-order chi connectivity index (χ1) is 9.95. The number of thioether (sulfide) groups is 1. The molecule has 0 aliphatic carbocycles. The molecule has 0 aromatic heterocycles. The predicted octanol–water partition coefficient (Wildman–Crippen LogP) is 2.20. The maximum absolute atomic E-state index is 12.2. The average molecular weight is 308 g/mol. The van der Waals surface area contributed by atoms with Crippen molar-refractivity contribution in [2.45, 2.75) is 37.8 Å². The van der Waals surface area contributed by atoms with Crippen molar-refractivity contribution in [1.29, 1.82) is 0 Å². The molecule has 2 atom stereocenters. The van der Waals surface area contributed by atoms with E-state index in [1.807, 2.05) is 51.1 Å². The van der Waals surface area contributed by atoms with Gasteiger partial charge in [0.15, 0.2) is 0 Å². The normalized spacial score (nSPS) is 13.6. The van der Waals surface area contributed by atoms with Crippen LogP contribution in [-0.2, 0) is 15.3 Å². The Labute approximate surface area is 131 Å². The summed E-state index contributed by atoms with van der Waals surface area (Å²) in [6.45, 7) is 5.70. The van der Waals surface area contributed by atoms with E-state index in [9.17, 15) is 9.59 Å². The molecule has 0 aliphatic rings. The zero-order chi connectivity index (χ0) is 15.8. The summed E-state index contributed by atoms with van der Waals surface area (Å²) < 4.78 is 0. The van der Waals surface area contributed by atoms with Crippen LogP contribution in [-0.4, -0.2) is 30.2 Å². The van der Waals surface area contributed by atoms with Gasteiger partial charge in [-0.25, -0.2) is 0 Å². The molecule has 0 saturated carbocycles. The standard InChI is InChI=1S/C16H24N2O2S/c1-11(2)14(16(20)17-4)18-15(19)12(3)21-10-13-8-6-5-7-9-13/h5-9,11-12,14H,10H2,1-4H3,(H,17,20)(H,18,19)/t12-,14-/m0/s1. The lowest BCUT2D eigenvalue weighted by Gasteiger charge is -2.22. The molecule has 21 heavy (non-hydrogen) atoms. The molecule has 1 aromatic carbocycles. The molecule has 0 saturated heterocycles. The fourth-order valence-corrected chi connectivity index (χ4v) is 2.69. The molecule has 116 valence electrons. The van der Waals surface area contributed by atoms with Gasteiger partial charge in [-0.05, 0) is 18.4 Å². The van der Waals surface area contributed by atoms with Gasteiger partial charge in [0.1, 0.15) is 6.04 Å². The second kappa shape index (κ2) is 8.72. The molecule has 0 unspecified atom stereocenters. The summed E-state index contributed by atoms with van der Waals surface area (Å²) in [5.41, 5.74) is 1.19. The highest BCUT2D eigenvalue weighted by Gasteiger charge is 2.25. The van der Waals surface area contributed by atoms with Crippen molar-refractivity contribution < 1.29 is 9.59 Å². The summed E-state index contributed by atoms with van der Waals surface area (Å²) in [5, 5.41) is 5.22. The van der Waals surface area contributed by atoms with Crippen molar-refractivity contribution in [2.75, 3.05) is 7.05 Å². The van der Waals surface area contributed by atoms with Crippen LogP contribution in [0.25, 0.3) is 0 Å². The molecule has 5 heteroatoms. The third-order valence-electron chi connectivity index (χ3n) is 3.21. The molecular weight excluding hydrogens is 284 g/mol. The van der Waals surface area contributed by atoms with Crippen molar-refractivity contribution in [1.82, 2.24) is 10.6 Å². The van der Waals surface area contributed by atoms with Crippen molar-refractivity contribution in [2.24, 2.45) is 5.92 Å². The quantitative estimate of drug-likeness (QED) is 0.812. The van der Waals surface area contributed by atoms with Gasteiger partial charge < -0.3 is 10.6 Å². The van der Waals surface area contributed by atoms with E-state index in [2.05, 4.69) is 10.6 Å². The Morgan fingerprint density at radius 3 is 2.24 bits per heavy atom. The van der Waals surface area contributed by atoms with Crippen LogP contribution in [0.4, 0.5) is 0 Å². The van der Waals surface area contributed by atoms with Gasteiger partial charge in [-0.3, -0.25) is 9.59 Å². The minimum atomic E-state index is -0.484. The zero-order valence-electron chi connectivity index (χ0n) is 13.1. The number of carbonyl (C=O) groups is 2. The Hall–Kier alpha value is -1.49. The molecular formula is C16H24N2O2S. The lowest BCUT2D eigenvalue weighted by atomic mass is 10.0. The molecule has 1 aromatic rings. The topological polar surface area (TPSA) is 58.2 Å². The molecule has 0 aliphatic heterocycles. The Kier molecular flexibility index (Phi) is 7.29. The number of amides is 2.